The molecule has 0 saturated carbocycles. The van der Waals surface area contributed by atoms with Crippen molar-refractivity contribution in [1.29, 1.82) is 0 Å². The highest BCUT2D eigenvalue weighted by molar-refractivity contribution is 5.96. The predicted molar refractivity (Wildman–Crippen MR) is 97.5 cm³/mol. The molecular weight excluding hydrogens is 334 g/mol. The van der Waals surface area contributed by atoms with E-state index in [1.165, 1.54) is 0 Å². The first-order valence-corrected chi connectivity index (χ1v) is 8.59. The molecule has 2 N–H and O–H groups in total. The number of nitrogens with one attached hydrogen (secondary N) is 2. The first kappa shape index (κ1) is 17.9. The Morgan fingerprint density at radius 1 is 1.27 bits per heavy atom. The lowest BCUT2D eigenvalue weighted by atomic mass is 10.2. The van der Waals surface area contributed by atoms with E-state index in [1.807, 2.05) is 6.07 Å². The molecule has 3 rings (SSSR count). The molecule has 1 saturated heterocycles. The molecule has 2 heterocycles. The Morgan fingerprint density at radius 3 is 2.81 bits per heavy atom. The highest BCUT2D eigenvalue weighted by Gasteiger charge is 2.23. The summed E-state index contributed by atoms with van der Waals surface area (Å²) in [5.41, 5.74) is 1.64. The third-order valence-electron chi connectivity index (χ3n) is 3.94. The fraction of sp³-hybridized carbons (Fsp3) is 0.316. The summed E-state index contributed by atoms with van der Waals surface area (Å²) in [5, 5.41) is 5.89. The Kier molecular flexibility index (Phi) is 5.80. The van der Waals surface area contributed by atoms with E-state index in [9.17, 15) is 9.59 Å². The summed E-state index contributed by atoms with van der Waals surface area (Å²) in [6.07, 6.45) is 2.81. The zero-order chi connectivity index (χ0) is 18.4. The maximum Gasteiger partial charge on any atom is 0.340 e. The van der Waals surface area contributed by atoms with Crippen molar-refractivity contribution in [2.75, 3.05) is 23.8 Å². The standard InChI is InChI=1S/C19H21N3O4/c1-2-25-19(24)14-6-3-4-7-15(14)22-17-10-9-13(12-20-17)21-18(23)16-8-5-11-26-16/h3-4,6-7,9-10,12,16H,2,5,8,11H2,1H3,(H,20,22)(H,21,23). The molecule has 1 aromatic heterocycles. The maximum absolute atomic E-state index is 12.0. The molecule has 1 unspecified atom stereocenters. The van der Waals surface area contributed by atoms with Gasteiger partial charge < -0.3 is 20.1 Å². The summed E-state index contributed by atoms with van der Waals surface area (Å²) in [5.74, 6) is 0.00516. The molecule has 1 aromatic carbocycles. The minimum Gasteiger partial charge on any atom is -0.462 e. The molecule has 1 amide bonds. The van der Waals surface area contributed by atoms with Crippen LogP contribution in [0.3, 0.4) is 0 Å². The fourth-order valence-corrected chi connectivity index (χ4v) is 2.67. The van der Waals surface area contributed by atoms with Gasteiger partial charge in [-0.05, 0) is 44.0 Å². The molecule has 0 bridgehead atoms. The van der Waals surface area contributed by atoms with Gasteiger partial charge >= 0.3 is 5.97 Å². The number of nitrogens with zero attached hydrogens (tertiary/aromatic N) is 1. The topological polar surface area (TPSA) is 89.6 Å². The van der Waals surface area contributed by atoms with Gasteiger partial charge in [-0.1, -0.05) is 12.1 Å². The van der Waals surface area contributed by atoms with E-state index >= 15 is 0 Å². The number of rotatable bonds is 6. The monoisotopic (exact) mass is 355 g/mol. The van der Waals surface area contributed by atoms with Crippen LogP contribution in [0.5, 0.6) is 0 Å². The number of carbonyl (C=O) groups excluding carboxylic acids is 2. The van der Waals surface area contributed by atoms with E-state index in [2.05, 4.69) is 15.6 Å². The van der Waals surface area contributed by atoms with Crippen LogP contribution in [0, 0.1) is 0 Å². The lowest BCUT2D eigenvalue weighted by Gasteiger charge is -2.12. The quantitative estimate of drug-likeness (QED) is 0.774. The van der Waals surface area contributed by atoms with Gasteiger partial charge in [-0.3, -0.25) is 4.79 Å². The van der Waals surface area contributed by atoms with Crippen LogP contribution in [-0.2, 0) is 14.3 Å². The second-order valence-corrected chi connectivity index (χ2v) is 5.81. The van der Waals surface area contributed by atoms with Crippen molar-refractivity contribution in [2.24, 2.45) is 0 Å². The van der Waals surface area contributed by atoms with Crippen molar-refractivity contribution in [1.82, 2.24) is 4.98 Å². The number of esters is 1. The Labute approximate surface area is 151 Å². The highest BCUT2D eigenvalue weighted by atomic mass is 16.5. The lowest BCUT2D eigenvalue weighted by Crippen LogP contribution is -2.26. The molecule has 1 aliphatic heterocycles. The second kappa shape index (κ2) is 8.44. The third-order valence-corrected chi connectivity index (χ3v) is 3.94. The van der Waals surface area contributed by atoms with Crippen molar-refractivity contribution in [3.05, 3.63) is 48.2 Å². The van der Waals surface area contributed by atoms with Crippen LogP contribution in [0.2, 0.25) is 0 Å². The summed E-state index contributed by atoms with van der Waals surface area (Å²) in [4.78, 5) is 28.3. The van der Waals surface area contributed by atoms with E-state index in [0.717, 1.165) is 12.8 Å². The van der Waals surface area contributed by atoms with Crippen molar-refractivity contribution in [3.8, 4) is 0 Å². The molecule has 2 aromatic rings. The molecule has 7 nitrogen and oxygen atoms in total. The molecular formula is C19H21N3O4. The number of aromatic nitrogens is 1. The van der Waals surface area contributed by atoms with Gasteiger partial charge in [0.15, 0.2) is 0 Å². The van der Waals surface area contributed by atoms with E-state index in [1.54, 1.807) is 43.5 Å². The molecule has 1 atom stereocenters. The normalized spacial score (nSPS) is 16.1. The Balaban J connectivity index is 1.66. The van der Waals surface area contributed by atoms with Gasteiger partial charge in [0.2, 0.25) is 0 Å². The number of ether oxygens (including phenoxy) is 2. The van der Waals surface area contributed by atoms with Crippen molar-refractivity contribution >= 4 is 29.1 Å². The zero-order valence-electron chi connectivity index (χ0n) is 14.5. The molecule has 0 radical (unpaired) electrons. The fourth-order valence-electron chi connectivity index (χ4n) is 2.67. The van der Waals surface area contributed by atoms with Gasteiger partial charge in [-0.25, -0.2) is 9.78 Å². The van der Waals surface area contributed by atoms with E-state index < -0.39 is 5.97 Å². The molecule has 26 heavy (non-hydrogen) atoms. The smallest absolute Gasteiger partial charge is 0.340 e. The van der Waals surface area contributed by atoms with Gasteiger partial charge in [0, 0.05) is 6.61 Å². The SMILES string of the molecule is CCOC(=O)c1ccccc1Nc1ccc(NC(=O)C2CCCO2)cn1. The number of amides is 1. The van der Waals surface area contributed by atoms with Gasteiger partial charge in [-0.15, -0.1) is 0 Å². The molecule has 0 aliphatic carbocycles. The zero-order valence-corrected chi connectivity index (χ0v) is 14.5. The molecule has 7 heteroatoms. The summed E-state index contributed by atoms with van der Waals surface area (Å²) >= 11 is 0. The minimum atomic E-state index is -0.393. The van der Waals surface area contributed by atoms with Crippen LogP contribution < -0.4 is 10.6 Å². The highest BCUT2D eigenvalue weighted by Crippen LogP contribution is 2.22. The number of hydrogen-bond acceptors (Lipinski definition) is 6. The van der Waals surface area contributed by atoms with Crippen LogP contribution in [0.4, 0.5) is 17.2 Å². The first-order chi connectivity index (χ1) is 12.7. The summed E-state index contributed by atoms with van der Waals surface area (Å²) in [6, 6.07) is 10.5. The van der Waals surface area contributed by atoms with Gasteiger partial charge in [-0.2, -0.15) is 0 Å². The number of anilines is 3. The number of hydrogen-bond donors (Lipinski definition) is 2. The minimum absolute atomic E-state index is 0.155. The number of carbonyl (C=O) groups is 2. The van der Waals surface area contributed by atoms with Crippen LogP contribution in [0.1, 0.15) is 30.1 Å². The average Bonchev–Trinajstić information content (AvgIpc) is 3.19. The van der Waals surface area contributed by atoms with E-state index in [4.69, 9.17) is 9.47 Å². The lowest BCUT2D eigenvalue weighted by molar-refractivity contribution is -0.124. The van der Waals surface area contributed by atoms with E-state index in [-0.39, 0.29) is 12.0 Å². The molecule has 0 spiro atoms. The van der Waals surface area contributed by atoms with Crippen LogP contribution in [-0.4, -0.2) is 36.2 Å². The summed E-state index contributed by atoms with van der Waals surface area (Å²) in [7, 11) is 0. The van der Waals surface area contributed by atoms with Crippen LogP contribution in [0.15, 0.2) is 42.6 Å². The Bertz CT molecular complexity index is 771. The first-order valence-electron chi connectivity index (χ1n) is 8.59. The number of para-hydroxylation sites is 1. The maximum atomic E-state index is 12.0. The van der Waals surface area contributed by atoms with Crippen molar-refractivity contribution < 1.29 is 19.1 Å². The van der Waals surface area contributed by atoms with Crippen molar-refractivity contribution in [3.63, 3.8) is 0 Å². The summed E-state index contributed by atoms with van der Waals surface area (Å²) < 4.78 is 10.4. The number of benzene rings is 1. The largest absolute Gasteiger partial charge is 0.462 e. The molecule has 1 aliphatic rings. The van der Waals surface area contributed by atoms with Crippen LogP contribution >= 0.6 is 0 Å². The Hall–Kier alpha value is -2.93. The van der Waals surface area contributed by atoms with Gasteiger partial charge in [0.1, 0.15) is 11.9 Å². The summed E-state index contributed by atoms with van der Waals surface area (Å²) in [6.45, 7) is 2.70. The Morgan fingerprint density at radius 2 is 2.12 bits per heavy atom. The van der Waals surface area contributed by atoms with E-state index in [0.29, 0.717) is 36.0 Å². The average molecular weight is 355 g/mol. The number of pyridine rings is 1. The predicted octanol–water partition coefficient (Wildman–Crippen LogP) is 3.12. The van der Waals surface area contributed by atoms with Gasteiger partial charge in [0.05, 0.1) is 29.7 Å². The molecule has 136 valence electrons. The second-order valence-electron chi connectivity index (χ2n) is 5.81. The van der Waals surface area contributed by atoms with Crippen LogP contribution in [0.25, 0.3) is 0 Å². The van der Waals surface area contributed by atoms with Gasteiger partial charge in [0.25, 0.3) is 5.91 Å². The third kappa shape index (κ3) is 4.37. The molecule has 1 fully saturated rings. The van der Waals surface area contributed by atoms with Crippen molar-refractivity contribution in [2.45, 2.75) is 25.9 Å².